The lowest BCUT2D eigenvalue weighted by Crippen LogP contribution is -1.95. The topological polar surface area (TPSA) is 0 Å². The van der Waals surface area contributed by atoms with Gasteiger partial charge < -0.3 is 0 Å². The predicted octanol–water partition coefficient (Wildman–Crippen LogP) is 7.64. The molecule has 0 saturated carbocycles. The van der Waals surface area contributed by atoms with Gasteiger partial charge in [-0.05, 0) is 114 Å². The summed E-state index contributed by atoms with van der Waals surface area (Å²) in [6, 6.07) is 4.37. The van der Waals surface area contributed by atoms with Crippen molar-refractivity contribution >= 4 is 63.7 Å². The van der Waals surface area contributed by atoms with Crippen molar-refractivity contribution in [2.45, 2.75) is 27.7 Å². The van der Waals surface area contributed by atoms with Gasteiger partial charge >= 0.3 is 0 Å². The Bertz CT molecular complexity index is 589. The number of hydrogen-bond donors (Lipinski definition) is 0. The molecule has 0 aliphatic rings. The summed E-state index contributed by atoms with van der Waals surface area (Å²) in [5.74, 6) is 0. The van der Waals surface area contributed by atoms with Crippen LogP contribution in [0.2, 0.25) is 0 Å². The summed E-state index contributed by atoms with van der Waals surface area (Å²) < 4.78 is 4.51. The van der Waals surface area contributed by atoms with Gasteiger partial charge in [-0.25, -0.2) is 0 Å². The van der Waals surface area contributed by atoms with E-state index in [1.165, 1.54) is 33.4 Å². The highest BCUT2D eigenvalue weighted by molar-refractivity contribution is 9.11. The third-order valence-corrected chi connectivity index (χ3v) is 7.47. The molecule has 0 aromatic heterocycles. The molecule has 0 spiro atoms. The number of benzene rings is 2. The molecule has 0 unspecified atom stereocenters. The lowest BCUT2D eigenvalue weighted by Gasteiger charge is -2.18. The van der Waals surface area contributed by atoms with Gasteiger partial charge in [0, 0.05) is 29.0 Å². The largest absolute Gasteiger partial charge is 0.0541 e. The van der Waals surface area contributed by atoms with Gasteiger partial charge in [-0.15, -0.1) is 0 Å². The van der Waals surface area contributed by atoms with Crippen LogP contribution in [-0.4, -0.2) is 0 Å². The molecule has 0 nitrogen and oxygen atoms in total. The van der Waals surface area contributed by atoms with Gasteiger partial charge in [0.2, 0.25) is 0 Å². The molecule has 4 heteroatoms. The van der Waals surface area contributed by atoms with Gasteiger partial charge in [0.1, 0.15) is 0 Å². The highest BCUT2D eigenvalue weighted by Crippen LogP contribution is 2.47. The van der Waals surface area contributed by atoms with Gasteiger partial charge in [-0.2, -0.15) is 0 Å². The lowest BCUT2D eigenvalue weighted by atomic mass is 9.97. The van der Waals surface area contributed by atoms with Gasteiger partial charge in [0.05, 0.1) is 0 Å². The Labute approximate surface area is 153 Å². The molecule has 0 N–H and O–H groups in total. The van der Waals surface area contributed by atoms with Crippen molar-refractivity contribution in [3.63, 3.8) is 0 Å². The number of halogens is 4. The Morgan fingerprint density at radius 1 is 0.500 bits per heavy atom. The Morgan fingerprint density at radius 2 is 0.700 bits per heavy atom. The maximum Gasteiger partial charge on any atom is 0.0295 e. The molecule has 0 amide bonds. The van der Waals surface area contributed by atoms with Crippen LogP contribution in [0.3, 0.4) is 0 Å². The fraction of sp³-hybridized carbons (Fsp3) is 0.250. The molecule has 0 saturated heterocycles. The highest BCUT2D eigenvalue weighted by Gasteiger charge is 2.20. The predicted molar refractivity (Wildman–Crippen MR) is 102 cm³/mol. The molecule has 2 aromatic carbocycles. The van der Waals surface area contributed by atoms with Gasteiger partial charge in [0.25, 0.3) is 0 Å². The van der Waals surface area contributed by atoms with Crippen molar-refractivity contribution in [2.24, 2.45) is 0 Å². The van der Waals surface area contributed by atoms with Gasteiger partial charge in [-0.3, -0.25) is 0 Å². The average Bonchev–Trinajstić information content (AvgIpc) is 2.38. The first-order valence-electron chi connectivity index (χ1n) is 6.16. The molecule has 106 valence electrons. The first kappa shape index (κ1) is 16.7. The molecule has 0 aliphatic carbocycles. The molecule has 0 radical (unpaired) electrons. The van der Waals surface area contributed by atoms with Crippen molar-refractivity contribution in [3.05, 3.63) is 52.3 Å². The van der Waals surface area contributed by atoms with Crippen LogP contribution in [0.5, 0.6) is 0 Å². The molecule has 0 aliphatic heterocycles. The van der Waals surface area contributed by atoms with E-state index in [9.17, 15) is 0 Å². The minimum absolute atomic E-state index is 1.13. The minimum Gasteiger partial charge on any atom is -0.0541 e. The summed E-state index contributed by atoms with van der Waals surface area (Å²) in [4.78, 5) is 0. The van der Waals surface area contributed by atoms with E-state index < -0.39 is 0 Å². The lowest BCUT2D eigenvalue weighted by molar-refractivity contribution is 1.29. The standard InChI is InChI=1S/C16H14Br4/c1-7-5-8(2)14(18)11(13(7)17)12-15(19)9(3)6-10(4)16(12)20/h5-6H,1-4H3. The van der Waals surface area contributed by atoms with E-state index >= 15 is 0 Å². The monoisotopic (exact) mass is 522 g/mol. The molecular weight excluding hydrogens is 512 g/mol. The van der Waals surface area contributed by atoms with Crippen molar-refractivity contribution in [1.82, 2.24) is 0 Å². The normalized spacial score (nSPS) is 11.0. The van der Waals surface area contributed by atoms with Crippen LogP contribution < -0.4 is 0 Å². The second-order valence-corrected chi connectivity index (χ2v) is 8.20. The van der Waals surface area contributed by atoms with E-state index in [0.29, 0.717) is 0 Å². The summed E-state index contributed by atoms with van der Waals surface area (Å²) in [6.45, 7) is 8.49. The third-order valence-electron chi connectivity index (χ3n) is 3.38. The fourth-order valence-corrected chi connectivity index (χ4v) is 4.90. The Morgan fingerprint density at radius 3 is 0.900 bits per heavy atom. The minimum atomic E-state index is 1.13. The molecular formula is C16H14Br4. The van der Waals surface area contributed by atoms with Crippen molar-refractivity contribution in [3.8, 4) is 11.1 Å². The molecule has 0 bridgehead atoms. The first-order valence-corrected chi connectivity index (χ1v) is 9.33. The summed E-state index contributed by atoms with van der Waals surface area (Å²) in [6.07, 6.45) is 0. The average molecular weight is 526 g/mol. The van der Waals surface area contributed by atoms with Gasteiger partial charge in [0.15, 0.2) is 0 Å². The van der Waals surface area contributed by atoms with Crippen LogP contribution in [0.25, 0.3) is 11.1 Å². The highest BCUT2D eigenvalue weighted by atomic mass is 79.9. The summed E-state index contributed by atoms with van der Waals surface area (Å²) >= 11 is 15.0. The molecule has 2 rings (SSSR count). The maximum absolute atomic E-state index is 3.75. The van der Waals surface area contributed by atoms with E-state index in [-0.39, 0.29) is 0 Å². The summed E-state index contributed by atoms with van der Waals surface area (Å²) in [5, 5.41) is 0. The zero-order valence-electron chi connectivity index (χ0n) is 11.7. The van der Waals surface area contributed by atoms with E-state index in [4.69, 9.17) is 0 Å². The van der Waals surface area contributed by atoms with Crippen molar-refractivity contribution < 1.29 is 0 Å². The number of rotatable bonds is 1. The molecule has 0 atom stereocenters. The molecule has 0 fully saturated rings. The molecule has 20 heavy (non-hydrogen) atoms. The maximum atomic E-state index is 3.75. The Kier molecular flexibility index (Phi) is 5.21. The van der Waals surface area contributed by atoms with Crippen molar-refractivity contribution in [2.75, 3.05) is 0 Å². The first-order chi connectivity index (χ1) is 9.25. The summed E-state index contributed by atoms with van der Waals surface area (Å²) in [7, 11) is 0. The fourth-order valence-electron chi connectivity index (χ4n) is 2.32. The number of hydrogen-bond acceptors (Lipinski definition) is 0. The van der Waals surface area contributed by atoms with Crippen LogP contribution in [0.15, 0.2) is 30.0 Å². The molecule has 0 heterocycles. The van der Waals surface area contributed by atoms with Crippen LogP contribution in [-0.2, 0) is 0 Å². The second-order valence-electron chi connectivity index (χ2n) is 5.03. The smallest absolute Gasteiger partial charge is 0.0295 e. The second kappa shape index (κ2) is 6.23. The summed E-state index contributed by atoms with van der Waals surface area (Å²) in [5.41, 5.74) is 7.32. The van der Waals surface area contributed by atoms with E-state index in [1.807, 2.05) is 0 Å². The van der Waals surface area contributed by atoms with E-state index in [1.54, 1.807) is 0 Å². The Hall–Kier alpha value is 0.360. The van der Waals surface area contributed by atoms with Crippen molar-refractivity contribution in [1.29, 1.82) is 0 Å². The number of aryl methyl sites for hydroxylation is 4. The van der Waals surface area contributed by atoms with Crippen LogP contribution in [0, 0.1) is 27.7 Å². The van der Waals surface area contributed by atoms with Gasteiger partial charge in [-0.1, -0.05) is 12.1 Å². The van der Waals surface area contributed by atoms with E-state index in [2.05, 4.69) is 104 Å². The Balaban J connectivity index is 2.96. The van der Waals surface area contributed by atoms with Crippen LogP contribution in [0.4, 0.5) is 0 Å². The molecule has 2 aromatic rings. The van der Waals surface area contributed by atoms with E-state index in [0.717, 1.165) is 17.9 Å². The van der Waals surface area contributed by atoms with Crippen LogP contribution in [0.1, 0.15) is 22.3 Å². The zero-order valence-corrected chi connectivity index (χ0v) is 18.0. The van der Waals surface area contributed by atoms with Crippen LogP contribution >= 0.6 is 63.7 Å². The third kappa shape index (κ3) is 2.81. The zero-order chi connectivity index (χ0) is 15.2. The quantitative estimate of drug-likeness (QED) is 0.359. The SMILES string of the molecule is Cc1cc(C)c(Br)c(-c2c(Br)c(C)cc(C)c2Br)c1Br.